The van der Waals surface area contributed by atoms with Crippen LogP contribution in [0.15, 0.2) is 0 Å². The molecule has 1 N–H and O–H groups in total. The Morgan fingerprint density at radius 1 is 1.62 bits per heavy atom. The second-order valence-electron chi connectivity index (χ2n) is 2.40. The Bertz CT molecular complexity index is 322. The van der Waals surface area contributed by atoms with Crippen LogP contribution in [-0.4, -0.2) is 23.3 Å². The van der Waals surface area contributed by atoms with Crippen molar-refractivity contribution in [2.45, 2.75) is 11.8 Å². The maximum absolute atomic E-state index is 11.2. The molecule has 6 heteroatoms. The molecule has 0 saturated heterocycles. The minimum Gasteiger partial charge on any atom is -0.465 e. The van der Waals surface area contributed by atoms with Gasteiger partial charge in [-0.2, -0.15) is 5.10 Å². The maximum atomic E-state index is 11.2. The molecule has 0 atom stereocenters. The van der Waals surface area contributed by atoms with Crippen LogP contribution in [0.4, 0.5) is 0 Å². The molecule has 0 bridgehead atoms. The topological polar surface area (TPSA) is 55.0 Å². The first-order valence-corrected chi connectivity index (χ1v) is 4.36. The molecule has 0 aliphatic heterocycles. The van der Waals surface area contributed by atoms with Gasteiger partial charge in [0.05, 0.1) is 7.11 Å². The van der Waals surface area contributed by atoms with Gasteiger partial charge in [0.2, 0.25) is 0 Å². The molecule has 0 aliphatic carbocycles. The van der Waals surface area contributed by atoms with Crippen LogP contribution in [0.3, 0.4) is 0 Å². The highest BCUT2D eigenvalue weighted by Gasteiger charge is 2.22. The van der Waals surface area contributed by atoms with Crippen molar-refractivity contribution in [2.75, 3.05) is 7.11 Å². The third-order valence-electron chi connectivity index (χ3n) is 1.57. The van der Waals surface area contributed by atoms with Gasteiger partial charge < -0.3 is 4.74 Å². The van der Waals surface area contributed by atoms with E-state index in [9.17, 15) is 4.79 Å². The summed E-state index contributed by atoms with van der Waals surface area (Å²) in [6.45, 7) is 1.69. The van der Waals surface area contributed by atoms with Gasteiger partial charge in [-0.15, -0.1) is 0 Å². The van der Waals surface area contributed by atoms with Crippen LogP contribution in [0.25, 0.3) is 0 Å². The van der Waals surface area contributed by atoms with E-state index >= 15 is 0 Å². The lowest BCUT2D eigenvalue weighted by Gasteiger charge is -2.01. The summed E-state index contributed by atoms with van der Waals surface area (Å²) < 4.78 is 4.55. The number of hydrogen-bond acceptors (Lipinski definition) is 3. The molecule has 4 nitrogen and oxygen atoms in total. The number of aryl methyl sites for hydroxylation is 1. The Hall–Kier alpha value is -0.740. The number of alkyl halides is 2. The summed E-state index contributed by atoms with van der Waals surface area (Å²) in [6, 6.07) is 0. The molecule has 13 heavy (non-hydrogen) atoms. The number of nitrogens with one attached hydrogen (secondary N) is 1. The molecule has 1 rings (SSSR count). The number of rotatable bonds is 2. The summed E-state index contributed by atoms with van der Waals surface area (Å²) in [6.07, 6.45) is 0. The van der Waals surface area contributed by atoms with E-state index in [1.165, 1.54) is 7.11 Å². The number of hydrogen-bond donors (Lipinski definition) is 1. The molecule has 1 aromatic heterocycles. The van der Waals surface area contributed by atoms with Crippen molar-refractivity contribution in [3.8, 4) is 0 Å². The summed E-state index contributed by atoms with van der Waals surface area (Å²) in [4.78, 5) is 10.4. The molecule has 1 aromatic rings. The Labute approximate surface area is 85.2 Å². The molecule has 0 spiro atoms. The Balaban J connectivity index is 3.16. The van der Waals surface area contributed by atoms with Gasteiger partial charge in [-0.25, -0.2) is 4.79 Å². The van der Waals surface area contributed by atoms with E-state index in [-0.39, 0.29) is 0 Å². The first-order valence-electron chi connectivity index (χ1n) is 3.49. The number of H-pyrrole nitrogens is 1. The van der Waals surface area contributed by atoms with Crippen LogP contribution >= 0.6 is 23.2 Å². The van der Waals surface area contributed by atoms with Crippen molar-refractivity contribution in [3.05, 3.63) is 17.0 Å². The van der Waals surface area contributed by atoms with Crippen molar-refractivity contribution in [1.82, 2.24) is 10.2 Å². The average Bonchev–Trinajstić information content (AvgIpc) is 2.46. The standard InChI is InChI=1S/C7H8Cl2N2O2/c1-3-4(7(12)13-2)5(6(8)9)11-10-3/h6H,1-2H3,(H,10,11). The lowest BCUT2D eigenvalue weighted by molar-refractivity contribution is 0.0599. The van der Waals surface area contributed by atoms with Crippen LogP contribution in [-0.2, 0) is 4.74 Å². The SMILES string of the molecule is COC(=O)c1c(C(Cl)Cl)n[nH]c1C. The van der Waals surface area contributed by atoms with Gasteiger partial charge in [-0.1, -0.05) is 23.2 Å². The van der Waals surface area contributed by atoms with Gasteiger partial charge in [0.15, 0.2) is 4.84 Å². The molecule has 0 fully saturated rings. The van der Waals surface area contributed by atoms with Crippen LogP contribution in [0.2, 0.25) is 0 Å². The zero-order chi connectivity index (χ0) is 10.0. The molecule has 0 aromatic carbocycles. The summed E-state index contributed by atoms with van der Waals surface area (Å²) in [5.74, 6) is -0.493. The minimum atomic E-state index is -0.834. The lowest BCUT2D eigenvalue weighted by atomic mass is 10.2. The van der Waals surface area contributed by atoms with E-state index in [0.717, 1.165) is 0 Å². The minimum absolute atomic E-state index is 0.299. The van der Waals surface area contributed by atoms with E-state index in [1.54, 1.807) is 6.92 Å². The number of ether oxygens (including phenoxy) is 1. The third-order valence-corrected chi connectivity index (χ3v) is 1.98. The fraction of sp³-hybridized carbons (Fsp3) is 0.429. The van der Waals surface area contributed by atoms with E-state index in [4.69, 9.17) is 23.2 Å². The lowest BCUT2D eigenvalue weighted by Crippen LogP contribution is -2.05. The fourth-order valence-electron chi connectivity index (χ4n) is 0.966. The Kier molecular flexibility index (Phi) is 3.17. The van der Waals surface area contributed by atoms with Crippen molar-refractivity contribution in [1.29, 1.82) is 0 Å². The average molecular weight is 223 g/mol. The van der Waals surface area contributed by atoms with Crippen LogP contribution in [0.5, 0.6) is 0 Å². The van der Waals surface area contributed by atoms with Gasteiger partial charge in [0.25, 0.3) is 0 Å². The van der Waals surface area contributed by atoms with Crippen molar-refractivity contribution in [2.24, 2.45) is 0 Å². The predicted molar refractivity (Wildman–Crippen MR) is 49.1 cm³/mol. The molecule has 0 unspecified atom stereocenters. The van der Waals surface area contributed by atoms with E-state index in [0.29, 0.717) is 17.0 Å². The van der Waals surface area contributed by atoms with E-state index < -0.39 is 10.8 Å². The van der Waals surface area contributed by atoms with Gasteiger partial charge in [-0.3, -0.25) is 5.10 Å². The number of aromatic nitrogens is 2. The molecular formula is C7H8Cl2N2O2. The predicted octanol–water partition coefficient (Wildman–Crippen LogP) is 1.98. The van der Waals surface area contributed by atoms with Gasteiger partial charge in [-0.05, 0) is 6.92 Å². The first-order chi connectivity index (χ1) is 6.07. The number of carbonyl (C=O) groups excluding carboxylic acids is 1. The maximum Gasteiger partial charge on any atom is 0.341 e. The first kappa shape index (κ1) is 10.3. The number of esters is 1. The zero-order valence-corrected chi connectivity index (χ0v) is 8.61. The number of aromatic amines is 1. The highest BCUT2D eigenvalue weighted by molar-refractivity contribution is 6.44. The summed E-state index contributed by atoms with van der Waals surface area (Å²) >= 11 is 11.2. The Morgan fingerprint density at radius 2 is 2.23 bits per heavy atom. The van der Waals surface area contributed by atoms with E-state index in [1.807, 2.05) is 0 Å². The van der Waals surface area contributed by atoms with Crippen LogP contribution in [0, 0.1) is 6.92 Å². The second kappa shape index (κ2) is 3.98. The largest absolute Gasteiger partial charge is 0.465 e. The summed E-state index contributed by atoms with van der Waals surface area (Å²) in [5.41, 5.74) is 1.19. The molecule has 0 radical (unpaired) electrons. The molecule has 0 amide bonds. The monoisotopic (exact) mass is 222 g/mol. The highest BCUT2D eigenvalue weighted by Crippen LogP contribution is 2.27. The van der Waals surface area contributed by atoms with Gasteiger partial charge in [0.1, 0.15) is 11.3 Å². The third kappa shape index (κ3) is 1.95. The number of halogens is 2. The van der Waals surface area contributed by atoms with Crippen LogP contribution in [0.1, 0.15) is 26.6 Å². The molecule has 1 heterocycles. The second-order valence-corrected chi connectivity index (χ2v) is 3.50. The van der Waals surface area contributed by atoms with Crippen molar-refractivity contribution < 1.29 is 9.53 Å². The summed E-state index contributed by atoms with van der Waals surface area (Å²) in [7, 11) is 1.29. The number of nitrogens with zero attached hydrogens (tertiary/aromatic N) is 1. The van der Waals surface area contributed by atoms with Crippen LogP contribution < -0.4 is 0 Å². The molecule has 72 valence electrons. The van der Waals surface area contributed by atoms with Gasteiger partial charge >= 0.3 is 5.97 Å². The molecular weight excluding hydrogens is 215 g/mol. The smallest absolute Gasteiger partial charge is 0.341 e. The van der Waals surface area contributed by atoms with Crippen molar-refractivity contribution >= 4 is 29.2 Å². The number of carbonyl (C=O) groups is 1. The Morgan fingerprint density at radius 3 is 2.69 bits per heavy atom. The van der Waals surface area contributed by atoms with E-state index in [2.05, 4.69) is 14.9 Å². The zero-order valence-electron chi connectivity index (χ0n) is 7.10. The normalized spacial score (nSPS) is 10.5. The highest BCUT2D eigenvalue weighted by atomic mass is 35.5. The van der Waals surface area contributed by atoms with Gasteiger partial charge in [0, 0.05) is 5.69 Å². The number of methoxy groups -OCH3 is 1. The summed E-state index contributed by atoms with van der Waals surface area (Å²) in [5, 5.41) is 6.41. The van der Waals surface area contributed by atoms with Crippen molar-refractivity contribution in [3.63, 3.8) is 0 Å². The molecule has 0 aliphatic rings. The molecule has 0 saturated carbocycles. The fourth-order valence-corrected chi connectivity index (χ4v) is 1.28. The quantitative estimate of drug-likeness (QED) is 0.616.